The van der Waals surface area contributed by atoms with Crippen LogP contribution in [0.2, 0.25) is 0 Å². The molecule has 2 N–H and O–H groups in total. The lowest BCUT2D eigenvalue weighted by Crippen LogP contribution is -2.52. The van der Waals surface area contributed by atoms with Crippen molar-refractivity contribution in [1.82, 2.24) is 10.6 Å². The molecule has 3 rings (SSSR count). The molecule has 0 spiro atoms. The van der Waals surface area contributed by atoms with Gasteiger partial charge in [0.1, 0.15) is 11.6 Å². The summed E-state index contributed by atoms with van der Waals surface area (Å²) in [6.07, 6.45) is -2.33. The Morgan fingerprint density at radius 2 is 1.81 bits per heavy atom. The molecule has 1 aliphatic carbocycles. The quantitative estimate of drug-likeness (QED) is 0.766. The van der Waals surface area contributed by atoms with Crippen LogP contribution in [0, 0.1) is 17.6 Å². The van der Waals surface area contributed by atoms with Gasteiger partial charge < -0.3 is 15.5 Å². The van der Waals surface area contributed by atoms with Crippen molar-refractivity contribution in [2.24, 2.45) is 5.92 Å². The number of rotatable bonds is 3. The standard InChI is InChI=1S/C18H22F5N3O/c19-11-5-6-16(14(20)9-11)26-8-7-12(10-26)24-17(27)25-15-4-2-1-3-13(15)18(21,22)23/h5-6,9,12-13,15H,1-4,7-8,10H2,(H2,24,25,27). The second-order valence-corrected chi connectivity index (χ2v) is 7.18. The molecule has 1 saturated heterocycles. The molecule has 1 aromatic rings. The molecule has 27 heavy (non-hydrogen) atoms. The van der Waals surface area contributed by atoms with Crippen LogP contribution >= 0.6 is 0 Å². The van der Waals surface area contributed by atoms with E-state index in [0.717, 1.165) is 12.1 Å². The number of nitrogens with one attached hydrogen (secondary N) is 2. The van der Waals surface area contributed by atoms with Gasteiger partial charge >= 0.3 is 12.2 Å². The molecule has 9 heteroatoms. The maximum Gasteiger partial charge on any atom is 0.393 e. The highest BCUT2D eigenvalue weighted by molar-refractivity contribution is 5.75. The minimum atomic E-state index is -4.33. The molecule has 3 unspecified atom stereocenters. The van der Waals surface area contributed by atoms with Crippen LogP contribution in [0.3, 0.4) is 0 Å². The third-order valence-corrected chi connectivity index (χ3v) is 5.28. The summed E-state index contributed by atoms with van der Waals surface area (Å²) in [5.74, 6) is -2.88. The van der Waals surface area contributed by atoms with Crippen molar-refractivity contribution in [1.29, 1.82) is 0 Å². The lowest BCUT2D eigenvalue weighted by Gasteiger charge is -2.33. The maximum atomic E-state index is 13.9. The number of nitrogens with zero attached hydrogens (tertiary/aromatic N) is 1. The van der Waals surface area contributed by atoms with Gasteiger partial charge in [-0.2, -0.15) is 13.2 Å². The fourth-order valence-electron chi connectivity index (χ4n) is 3.93. The summed E-state index contributed by atoms with van der Waals surface area (Å²) in [6.45, 7) is 0.769. The van der Waals surface area contributed by atoms with Gasteiger partial charge in [0.15, 0.2) is 0 Å². The van der Waals surface area contributed by atoms with E-state index >= 15 is 0 Å². The second-order valence-electron chi connectivity index (χ2n) is 7.18. The fraction of sp³-hybridized carbons (Fsp3) is 0.611. The van der Waals surface area contributed by atoms with Gasteiger partial charge in [-0.05, 0) is 31.4 Å². The zero-order chi connectivity index (χ0) is 19.6. The van der Waals surface area contributed by atoms with Crippen LogP contribution in [0.1, 0.15) is 32.1 Å². The van der Waals surface area contributed by atoms with E-state index in [4.69, 9.17) is 0 Å². The first kappa shape index (κ1) is 19.7. The third kappa shape index (κ3) is 4.81. The predicted molar refractivity (Wildman–Crippen MR) is 90.4 cm³/mol. The Bertz CT molecular complexity index is 681. The van der Waals surface area contributed by atoms with Crippen molar-refractivity contribution >= 4 is 11.7 Å². The Hall–Kier alpha value is -2.06. The molecule has 2 amide bonds. The van der Waals surface area contributed by atoms with Gasteiger partial charge in [0.25, 0.3) is 0 Å². The van der Waals surface area contributed by atoms with E-state index in [-0.39, 0.29) is 18.2 Å². The van der Waals surface area contributed by atoms with Crippen molar-refractivity contribution in [3.8, 4) is 0 Å². The van der Waals surface area contributed by atoms with E-state index in [1.165, 1.54) is 6.07 Å². The highest BCUT2D eigenvalue weighted by Gasteiger charge is 2.46. The first-order chi connectivity index (χ1) is 12.7. The molecule has 2 aliphatic rings. The summed E-state index contributed by atoms with van der Waals surface area (Å²) in [5.41, 5.74) is 0.241. The summed E-state index contributed by atoms with van der Waals surface area (Å²) < 4.78 is 66.2. The topological polar surface area (TPSA) is 44.4 Å². The number of hydrogen-bond donors (Lipinski definition) is 2. The van der Waals surface area contributed by atoms with Crippen LogP contribution in [0.15, 0.2) is 18.2 Å². The van der Waals surface area contributed by atoms with E-state index in [1.807, 2.05) is 0 Å². The molecule has 1 heterocycles. The number of hydrogen-bond acceptors (Lipinski definition) is 2. The Labute approximate surface area is 154 Å². The average molecular weight is 391 g/mol. The van der Waals surface area contributed by atoms with Crippen LogP contribution in [0.5, 0.6) is 0 Å². The predicted octanol–water partition coefficient (Wildman–Crippen LogP) is 3.96. The molecule has 1 aliphatic heterocycles. The molecular weight excluding hydrogens is 369 g/mol. The lowest BCUT2D eigenvalue weighted by atomic mass is 9.84. The van der Waals surface area contributed by atoms with Gasteiger partial charge in [-0.25, -0.2) is 13.6 Å². The van der Waals surface area contributed by atoms with E-state index < -0.39 is 35.8 Å². The lowest BCUT2D eigenvalue weighted by molar-refractivity contribution is -0.187. The van der Waals surface area contributed by atoms with Crippen LogP contribution in [-0.4, -0.2) is 37.4 Å². The van der Waals surface area contributed by atoms with E-state index in [2.05, 4.69) is 10.6 Å². The molecule has 0 bridgehead atoms. The fourth-order valence-corrected chi connectivity index (χ4v) is 3.93. The van der Waals surface area contributed by atoms with Gasteiger partial charge in [0.05, 0.1) is 11.6 Å². The largest absolute Gasteiger partial charge is 0.393 e. The number of anilines is 1. The SMILES string of the molecule is O=C(NC1CCN(c2ccc(F)cc2F)C1)NC1CCCCC1C(F)(F)F. The summed E-state index contributed by atoms with van der Waals surface area (Å²) >= 11 is 0. The van der Waals surface area contributed by atoms with Crippen LogP contribution < -0.4 is 15.5 Å². The molecule has 3 atom stereocenters. The van der Waals surface area contributed by atoms with Gasteiger partial charge in [0, 0.05) is 31.2 Å². The monoisotopic (exact) mass is 391 g/mol. The van der Waals surface area contributed by atoms with E-state index in [0.29, 0.717) is 38.8 Å². The number of carbonyl (C=O) groups is 1. The van der Waals surface area contributed by atoms with Crippen LogP contribution in [0.25, 0.3) is 0 Å². The highest BCUT2D eigenvalue weighted by atomic mass is 19.4. The molecule has 1 aromatic carbocycles. The number of urea groups is 1. The number of benzene rings is 1. The molecule has 4 nitrogen and oxygen atoms in total. The molecule has 2 fully saturated rings. The van der Waals surface area contributed by atoms with Crippen LogP contribution in [-0.2, 0) is 0 Å². The summed E-state index contributed by atoms with van der Waals surface area (Å²) in [5, 5.41) is 5.14. The zero-order valence-corrected chi connectivity index (χ0v) is 14.7. The van der Waals surface area contributed by atoms with Gasteiger partial charge in [-0.3, -0.25) is 0 Å². The summed E-state index contributed by atoms with van der Waals surface area (Å²) in [6, 6.07) is 1.41. The molecule has 0 radical (unpaired) electrons. The van der Waals surface area contributed by atoms with Crippen LogP contribution in [0.4, 0.5) is 32.4 Å². The maximum absolute atomic E-state index is 13.9. The number of amides is 2. The first-order valence-electron chi connectivity index (χ1n) is 9.08. The van der Waals surface area contributed by atoms with Crippen molar-refractivity contribution in [2.75, 3.05) is 18.0 Å². The first-order valence-corrected chi connectivity index (χ1v) is 9.08. The molecule has 1 saturated carbocycles. The Balaban J connectivity index is 1.54. The smallest absolute Gasteiger partial charge is 0.367 e. The average Bonchev–Trinajstić information content (AvgIpc) is 3.02. The Morgan fingerprint density at radius 1 is 1.07 bits per heavy atom. The summed E-state index contributed by atoms with van der Waals surface area (Å²) in [7, 11) is 0. The Kier molecular flexibility index (Phi) is 5.76. The number of alkyl halides is 3. The Morgan fingerprint density at radius 3 is 2.52 bits per heavy atom. The molecule has 150 valence electrons. The van der Waals surface area contributed by atoms with Crippen molar-refractivity contribution in [3.05, 3.63) is 29.8 Å². The van der Waals surface area contributed by atoms with Gasteiger partial charge in [-0.1, -0.05) is 12.8 Å². The minimum Gasteiger partial charge on any atom is -0.367 e. The zero-order valence-electron chi connectivity index (χ0n) is 14.7. The van der Waals surface area contributed by atoms with Gasteiger partial charge in [0.2, 0.25) is 0 Å². The van der Waals surface area contributed by atoms with E-state index in [9.17, 15) is 26.7 Å². The molecule has 0 aromatic heterocycles. The minimum absolute atomic E-state index is 0.0233. The highest BCUT2D eigenvalue weighted by Crippen LogP contribution is 2.37. The van der Waals surface area contributed by atoms with Crippen molar-refractivity contribution < 1.29 is 26.7 Å². The van der Waals surface area contributed by atoms with E-state index in [1.54, 1.807) is 4.90 Å². The second kappa shape index (κ2) is 7.90. The number of halogens is 5. The summed E-state index contributed by atoms with van der Waals surface area (Å²) in [4.78, 5) is 13.8. The normalized spacial score (nSPS) is 26.1. The van der Waals surface area contributed by atoms with Gasteiger partial charge in [-0.15, -0.1) is 0 Å². The van der Waals surface area contributed by atoms with Crippen molar-refractivity contribution in [2.45, 2.75) is 50.4 Å². The molecular formula is C18H22F5N3O. The number of carbonyl (C=O) groups excluding carboxylic acids is 1. The third-order valence-electron chi connectivity index (χ3n) is 5.28. The van der Waals surface area contributed by atoms with Crippen molar-refractivity contribution in [3.63, 3.8) is 0 Å².